The van der Waals surface area contributed by atoms with E-state index in [0.29, 0.717) is 0 Å². The zero-order valence-electron chi connectivity index (χ0n) is 14.3. The molecule has 0 spiro atoms. The average Bonchev–Trinajstić information content (AvgIpc) is 2.64. The number of benzene rings is 2. The number of carbonyl (C=O) groups excluding carboxylic acids is 2. The minimum Gasteiger partial charge on any atom is -0.457 e. The summed E-state index contributed by atoms with van der Waals surface area (Å²) in [4.78, 5) is 23.0. The summed E-state index contributed by atoms with van der Waals surface area (Å²) in [5.74, 6) is -5.16. The van der Waals surface area contributed by atoms with Crippen LogP contribution in [0.15, 0.2) is 60.7 Å². The normalized spacial score (nSPS) is 11.1. The van der Waals surface area contributed by atoms with Gasteiger partial charge in [0.05, 0.1) is 11.1 Å². The highest BCUT2D eigenvalue weighted by Crippen LogP contribution is 2.14. The summed E-state index contributed by atoms with van der Waals surface area (Å²) in [7, 11) is 0. The number of carbonyl (C=O) groups is 2. The molecule has 0 heterocycles. The molecular formula is C20H14F4O4. The number of rotatable bonds is 7. The summed E-state index contributed by atoms with van der Waals surface area (Å²) < 4.78 is 62.9. The van der Waals surface area contributed by atoms with Gasteiger partial charge in [-0.2, -0.15) is 0 Å². The lowest BCUT2D eigenvalue weighted by atomic mass is 10.2. The average molecular weight is 394 g/mol. The summed E-state index contributed by atoms with van der Waals surface area (Å²) in [6.07, 6.45) is 4.09. The van der Waals surface area contributed by atoms with Crippen molar-refractivity contribution in [1.82, 2.24) is 0 Å². The molecule has 0 N–H and O–H groups in total. The molecule has 146 valence electrons. The molecule has 2 rings (SSSR count). The van der Waals surface area contributed by atoms with Crippen LogP contribution in [0.4, 0.5) is 17.6 Å². The van der Waals surface area contributed by atoms with Crippen molar-refractivity contribution in [3.63, 3.8) is 0 Å². The van der Waals surface area contributed by atoms with Gasteiger partial charge in [0.1, 0.15) is 36.5 Å². The van der Waals surface area contributed by atoms with Crippen LogP contribution in [0.3, 0.4) is 0 Å². The van der Waals surface area contributed by atoms with Crippen LogP contribution in [0.1, 0.15) is 11.1 Å². The van der Waals surface area contributed by atoms with Gasteiger partial charge in [0.15, 0.2) is 0 Å². The van der Waals surface area contributed by atoms with Gasteiger partial charge in [-0.15, -0.1) is 0 Å². The number of esters is 2. The molecule has 0 atom stereocenters. The predicted molar refractivity (Wildman–Crippen MR) is 90.6 cm³/mol. The van der Waals surface area contributed by atoms with Crippen molar-refractivity contribution in [2.75, 3.05) is 0 Å². The van der Waals surface area contributed by atoms with Gasteiger partial charge in [-0.3, -0.25) is 0 Å². The molecule has 2 aromatic rings. The number of ether oxygens (including phenoxy) is 2. The van der Waals surface area contributed by atoms with Crippen molar-refractivity contribution >= 4 is 11.9 Å². The van der Waals surface area contributed by atoms with Gasteiger partial charge < -0.3 is 9.47 Å². The summed E-state index contributed by atoms with van der Waals surface area (Å²) in [5, 5.41) is 0. The Hall–Kier alpha value is -3.42. The molecule has 0 saturated carbocycles. The maximum absolute atomic E-state index is 13.4. The van der Waals surface area contributed by atoms with Crippen molar-refractivity contribution in [3.05, 3.63) is 95.1 Å². The predicted octanol–water partition coefficient (Wildman–Crippen LogP) is 4.14. The molecule has 0 radical (unpaired) electrons. The van der Waals surface area contributed by atoms with Gasteiger partial charge in [0, 0.05) is 12.2 Å². The van der Waals surface area contributed by atoms with Gasteiger partial charge in [0.2, 0.25) is 0 Å². The summed E-state index contributed by atoms with van der Waals surface area (Å²) in [6, 6.07) is 6.49. The molecule has 4 nitrogen and oxygen atoms in total. The first-order chi connectivity index (χ1) is 13.4. The van der Waals surface area contributed by atoms with E-state index in [-0.39, 0.29) is 11.1 Å². The third-order valence-electron chi connectivity index (χ3n) is 3.42. The zero-order chi connectivity index (χ0) is 20.5. The Morgan fingerprint density at radius 2 is 1.00 bits per heavy atom. The van der Waals surface area contributed by atoms with Gasteiger partial charge in [0.25, 0.3) is 0 Å². The second kappa shape index (κ2) is 10.1. The number of halogens is 4. The van der Waals surface area contributed by atoms with Gasteiger partial charge in [-0.1, -0.05) is 24.3 Å². The monoisotopic (exact) mass is 394 g/mol. The van der Waals surface area contributed by atoms with Crippen molar-refractivity contribution in [2.24, 2.45) is 0 Å². The highest BCUT2D eigenvalue weighted by molar-refractivity contribution is 5.84. The number of hydrogen-bond acceptors (Lipinski definition) is 4. The van der Waals surface area contributed by atoms with Gasteiger partial charge in [-0.25, -0.2) is 27.2 Å². The topological polar surface area (TPSA) is 52.6 Å². The Morgan fingerprint density at radius 1 is 0.679 bits per heavy atom. The Balaban J connectivity index is 1.79. The van der Waals surface area contributed by atoms with Gasteiger partial charge >= 0.3 is 11.9 Å². The molecule has 0 amide bonds. The van der Waals surface area contributed by atoms with Crippen LogP contribution in [-0.2, 0) is 32.3 Å². The van der Waals surface area contributed by atoms with Crippen molar-refractivity contribution < 1.29 is 36.6 Å². The molecule has 2 aromatic carbocycles. The third-order valence-corrected chi connectivity index (χ3v) is 3.42. The van der Waals surface area contributed by atoms with Crippen LogP contribution in [0.5, 0.6) is 0 Å². The summed E-state index contributed by atoms with van der Waals surface area (Å²) in [6.45, 7) is -1.19. The molecule has 0 fully saturated rings. The molecule has 28 heavy (non-hydrogen) atoms. The first-order valence-electron chi connectivity index (χ1n) is 7.92. The first-order valence-corrected chi connectivity index (χ1v) is 7.92. The molecule has 0 aliphatic rings. The molecule has 0 saturated heterocycles. The lowest BCUT2D eigenvalue weighted by Crippen LogP contribution is -2.05. The van der Waals surface area contributed by atoms with Crippen LogP contribution in [0, 0.1) is 23.3 Å². The Bertz CT molecular complexity index is 806. The fraction of sp³-hybridized carbons (Fsp3) is 0.100. The molecule has 0 aromatic heterocycles. The zero-order valence-corrected chi connectivity index (χ0v) is 14.3. The van der Waals surface area contributed by atoms with E-state index >= 15 is 0 Å². The van der Waals surface area contributed by atoms with Crippen LogP contribution >= 0.6 is 0 Å². The van der Waals surface area contributed by atoms with E-state index in [1.165, 1.54) is 12.1 Å². The number of hydrogen-bond donors (Lipinski definition) is 0. The molecule has 0 aliphatic heterocycles. The fourth-order valence-corrected chi connectivity index (χ4v) is 1.99. The highest BCUT2D eigenvalue weighted by Gasteiger charge is 2.11. The van der Waals surface area contributed by atoms with E-state index in [1.807, 2.05) is 0 Å². The van der Waals surface area contributed by atoms with E-state index in [9.17, 15) is 27.2 Å². The van der Waals surface area contributed by atoms with Crippen LogP contribution < -0.4 is 0 Å². The Kier molecular flexibility index (Phi) is 7.50. The van der Waals surface area contributed by atoms with E-state index < -0.39 is 48.4 Å². The fourth-order valence-electron chi connectivity index (χ4n) is 1.99. The minimum absolute atomic E-state index is 0.385. The van der Waals surface area contributed by atoms with Crippen molar-refractivity contribution in [3.8, 4) is 0 Å². The van der Waals surface area contributed by atoms with Crippen molar-refractivity contribution in [1.29, 1.82) is 0 Å². The maximum Gasteiger partial charge on any atom is 0.331 e. The molecular weight excluding hydrogens is 380 g/mol. The first kappa shape index (κ1) is 20.9. The van der Waals surface area contributed by atoms with Crippen LogP contribution in [-0.4, -0.2) is 11.9 Å². The number of allylic oxidation sites excluding steroid dienone is 2. The largest absolute Gasteiger partial charge is 0.457 e. The van der Waals surface area contributed by atoms with Crippen molar-refractivity contribution in [2.45, 2.75) is 13.2 Å². The second-order valence-corrected chi connectivity index (χ2v) is 5.33. The highest BCUT2D eigenvalue weighted by atomic mass is 19.1. The molecule has 0 unspecified atom stereocenters. The summed E-state index contributed by atoms with van der Waals surface area (Å²) >= 11 is 0. The lowest BCUT2D eigenvalue weighted by Gasteiger charge is -2.05. The maximum atomic E-state index is 13.4. The van der Waals surface area contributed by atoms with E-state index in [2.05, 4.69) is 9.47 Å². The molecule has 0 aliphatic carbocycles. The smallest absolute Gasteiger partial charge is 0.331 e. The Labute approximate surface area is 157 Å². The summed E-state index contributed by atoms with van der Waals surface area (Å²) in [5.41, 5.74) is -0.771. The van der Waals surface area contributed by atoms with Gasteiger partial charge in [-0.05, 0) is 24.3 Å². The Morgan fingerprint density at radius 3 is 1.32 bits per heavy atom. The third kappa shape index (κ3) is 6.08. The SMILES string of the molecule is O=C(/C=C/C=C/C(=O)OCc1c(F)cccc1F)OCc1c(F)cccc1F. The second-order valence-electron chi connectivity index (χ2n) is 5.33. The quantitative estimate of drug-likeness (QED) is 0.307. The standard InChI is InChI=1S/C20H14F4O4/c21-15-5-3-6-16(22)13(15)11-27-19(25)9-1-2-10-20(26)28-12-14-17(23)7-4-8-18(14)24/h1-10H,11-12H2/b9-1+,10-2+. The minimum atomic E-state index is -0.894. The van der Waals surface area contributed by atoms with E-state index in [0.717, 1.165) is 48.6 Å². The molecule has 8 heteroatoms. The van der Waals surface area contributed by atoms with E-state index in [1.54, 1.807) is 0 Å². The van der Waals surface area contributed by atoms with Crippen LogP contribution in [0.2, 0.25) is 0 Å². The lowest BCUT2D eigenvalue weighted by molar-refractivity contribution is -0.140. The molecule has 0 bridgehead atoms. The van der Waals surface area contributed by atoms with E-state index in [4.69, 9.17) is 0 Å². The van der Waals surface area contributed by atoms with Crippen LogP contribution in [0.25, 0.3) is 0 Å².